The molecule has 1 aliphatic rings. The molecule has 1 saturated carbocycles. The van der Waals surface area contributed by atoms with Crippen LogP contribution in [0, 0.1) is 5.41 Å². The number of carbonyl (C=O) groups is 1. The normalized spacial score (nSPS) is 22.5. The van der Waals surface area contributed by atoms with E-state index >= 15 is 0 Å². The van der Waals surface area contributed by atoms with Crippen LogP contribution in [0.15, 0.2) is 28.1 Å². The van der Waals surface area contributed by atoms with Crippen LogP contribution in [0.3, 0.4) is 0 Å². The van der Waals surface area contributed by atoms with E-state index in [4.69, 9.17) is 4.52 Å². The maximum atomic E-state index is 12.8. The monoisotopic (exact) mass is 318 g/mol. The standard InChI is InChI=1S/C17H22N2O2S/c1-4-6-12-9-13(21-19-12)10-18-15(20)17(11-16(17,2)3)14-7-5-8-22-14/h5,7-9H,4,6,10-11H2,1-3H3,(H,18,20). The molecule has 2 aromatic heterocycles. The van der Waals surface area contributed by atoms with Gasteiger partial charge in [0.1, 0.15) is 0 Å². The molecule has 3 rings (SSSR count). The minimum Gasteiger partial charge on any atom is -0.359 e. The molecule has 0 radical (unpaired) electrons. The van der Waals surface area contributed by atoms with E-state index in [9.17, 15) is 4.79 Å². The molecule has 4 nitrogen and oxygen atoms in total. The smallest absolute Gasteiger partial charge is 0.232 e. The van der Waals surface area contributed by atoms with Crippen LogP contribution in [0.4, 0.5) is 0 Å². The fourth-order valence-corrected chi connectivity index (χ4v) is 4.29. The van der Waals surface area contributed by atoms with Gasteiger partial charge in [-0.1, -0.05) is 38.4 Å². The van der Waals surface area contributed by atoms with Gasteiger partial charge in [-0.3, -0.25) is 4.79 Å². The van der Waals surface area contributed by atoms with Gasteiger partial charge in [0.25, 0.3) is 0 Å². The maximum Gasteiger partial charge on any atom is 0.232 e. The Bertz CT molecular complexity index is 660. The third kappa shape index (κ3) is 2.47. The van der Waals surface area contributed by atoms with Crippen molar-refractivity contribution in [3.8, 4) is 0 Å². The number of aromatic nitrogens is 1. The average molecular weight is 318 g/mol. The summed E-state index contributed by atoms with van der Waals surface area (Å²) < 4.78 is 5.28. The van der Waals surface area contributed by atoms with Gasteiger partial charge in [-0.25, -0.2) is 0 Å². The number of thiophene rings is 1. The second kappa shape index (κ2) is 5.54. The highest BCUT2D eigenvalue weighted by atomic mass is 32.1. The molecule has 5 heteroatoms. The number of aryl methyl sites for hydroxylation is 1. The van der Waals surface area contributed by atoms with Crippen molar-refractivity contribution in [2.45, 2.75) is 52.0 Å². The summed E-state index contributed by atoms with van der Waals surface area (Å²) in [5.74, 6) is 0.810. The summed E-state index contributed by atoms with van der Waals surface area (Å²) in [7, 11) is 0. The van der Waals surface area contributed by atoms with Crippen molar-refractivity contribution in [2.24, 2.45) is 5.41 Å². The molecule has 0 bridgehead atoms. The zero-order chi connectivity index (χ0) is 15.8. The van der Waals surface area contributed by atoms with Crippen LogP contribution in [0.2, 0.25) is 0 Å². The summed E-state index contributed by atoms with van der Waals surface area (Å²) in [6.45, 7) is 6.81. The molecule has 1 atom stereocenters. The first-order valence-electron chi connectivity index (χ1n) is 7.76. The van der Waals surface area contributed by atoms with Crippen molar-refractivity contribution in [3.05, 3.63) is 39.9 Å². The number of nitrogens with zero attached hydrogens (tertiary/aromatic N) is 1. The van der Waals surface area contributed by atoms with Crippen molar-refractivity contribution >= 4 is 17.2 Å². The van der Waals surface area contributed by atoms with E-state index < -0.39 is 0 Å². The van der Waals surface area contributed by atoms with E-state index in [-0.39, 0.29) is 16.7 Å². The summed E-state index contributed by atoms with van der Waals surface area (Å²) in [6, 6.07) is 6.00. The predicted molar refractivity (Wildman–Crippen MR) is 86.7 cm³/mol. The zero-order valence-corrected chi connectivity index (χ0v) is 14.1. The fourth-order valence-electron chi connectivity index (χ4n) is 3.19. The highest BCUT2D eigenvalue weighted by Crippen LogP contribution is 2.65. The summed E-state index contributed by atoms with van der Waals surface area (Å²) >= 11 is 1.66. The quantitative estimate of drug-likeness (QED) is 0.884. The Hall–Kier alpha value is -1.62. The molecule has 2 aromatic rings. The number of carbonyl (C=O) groups excluding carboxylic acids is 1. The van der Waals surface area contributed by atoms with Crippen molar-refractivity contribution in [1.29, 1.82) is 0 Å². The lowest BCUT2D eigenvalue weighted by Crippen LogP contribution is -2.36. The third-order valence-electron chi connectivity index (χ3n) is 4.60. The van der Waals surface area contributed by atoms with Gasteiger partial charge in [0.15, 0.2) is 5.76 Å². The Balaban J connectivity index is 1.68. The molecule has 2 heterocycles. The van der Waals surface area contributed by atoms with E-state index in [1.54, 1.807) is 11.3 Å². The van der Waals surface area contributed by atoms with Crippen molar-refractivity contribution in [3.63, 3.8) is 0 Å². The molecular formula is C17H22N2O2S. The predicted octanol–water partition coefficient (Wildman–Crippen LogP) is 3.67. The second-order valence-electron chi connectivity index (χ2n) is 6.66. The molecule has 1 N–H and O–H groups in total. The van der Waals surface area contributed by atoms with Crippen LogP contribution in [0.1, 0.15) is 49.9 Å². The Morgan fingerprint density at radius 2 is 2.27 bits per heavy atom. The van der Waals surface area contributed by atoms with Crippen molar-refractivity contribution in [1.82, 2.24) is 10.5 Å². The highest BCUT2D eigenvalue weighted by molar-refractivity contribution is 7.10. The molecule has 22 heavy (non-hydrogen) atoms. The van der Waals surface area contributed by atoms with Crippen molar-refractivity contribution < 1.29 is 9.32 Å². The first-order chi connectivity index (χ1) is 10.5. The Labute approximate surface area is 134 Å². The number of hydrogen-bond acceptors (Lipinski definition) is 4. The second-order valence-corrected chi connectivity index (χ2v) is 7.61. The number of nitrogens with one attached hydrogen (secondary N) is 1. The Morgan fingerprint density at radius 1 is 1.50 bits per heavy atom. The molecule has 0 aliphatic heterocycles. The third-order valence-corrected chi connectivity index (χ3v) is 5.64. The van der Waals surface area contributed by atoms with Gasteiger partial charge < -0.3 is 9.84 Å². The van der Waals surface area contributed by atoms with Gasteiger partial charge in [0.2, 0.25) is 5.91 Å². The minimum absolute atomic E-state index is 0.0106. The molecular weight excluding hydrogens is 296 g/mol. The van der Waals surface area contributed by atoms with E-state index in [2.05, 4.69) is 37.3 Å². The molecule has 0 saturated heterocycles. The summed E-state index contributed by atoms with van der Waals surface area (Å²) in [5.41, 5.74) is 0.580. The van der Waals surface area contributed by atoms with Crippen LogP contribution in [0.25, 0.3) is 0 Å². The van der Waals surface area contributed by atoms with Gasteiger partial charge in [-0.2, -0.15) is 0 Å². The van der Waals surface area contributed by atoms with E-state index in [1.165, 1.54) is 0 Å². The molecule has 118 valence electrons. The number of amides is 1. The highest BCUT2D eigenvalue weighted by Gasteiger charge is 2.67. The van der Waals surface area contributed by atoms with Gasteiger partial charge in [0, 0.05) is 10.9 Å². The minimum atomic E-state index is -0.382. The molecule has 1 aliphatic carbocycles. The maximum absolute atomic E-state index is 12.8. The molecule has 0 aromatic carbocycles. The Kier molecular flexibility index (Phi) is 3.85. The average Bonchev–Trinajstić information content (AvgIpc) is 2.93. The van der Waals surface area contributed by atoms with Crippen LogP contribution < -0.4 is 5.32 Å². The molecule has 0 spiro atoms. The van der Waals surface area contributed by atoms with Crippen LogP contribution in [-0.2, 0) is 23.2 Å². The van der Waals surface area contributed by atoms with Gasteiger partial charge in [0.05, 0.1) is 17.7 Å². The van der Waals surface area contributed by atoms with Gasteiger partial charge in [-0.15, -0.1) is 11.3 Å². The Morgan fingerprint density at radius 3 is 2.86 bits per heavy atom. The van der Waals surface area contributed by atoms with E-state index in [0.717, 1.165) is 35.6 Å². The number of rotatable bonds is 6. The van der Waals surface area contributed by atoms with E-state index in [0.29, 0.717) is 6.54 Å². The van der Waals surface area contributed by atoms with Crippen LogP contribution in [-0.4, -0.2) is 11.1 Å². The number of hydrogen-bond donors (Lipinski definition) is 1. The lowest BCUT2D eigenvalue weighted by atomic mass is 9.93. The first-order valence-corrected chi connectivity index (χ1v) is 8.64. The largest absolute Gasteiger partial charge is 0.359 e. The lowest BCUT2D eigenvalue weighted by Gasteiger charge is -2.18. The SMILES string of the molecule is CCCc1cc(CNC(=O)C2(c3cccs3)CC2(C)C)on1. The van der Waals surface area contributed by atoms with Crippen molar-refractivity contribution in [2.75, 3.05) is 0 Å². The van der Waals surface area contributed by atoms with E-state index in [1.807, 2.05) is 17.5 Å². The van der Waals surface area contributed by atoms with Crippen LogP contribution in [0.5, 0.6) is 0 Å². The molecule has 1 amide bonds. The summed E-state index contributed by atoms with van der Waals surface area (Å²) in [5, 5.41) is 9.08. The first kappa shape index (κ1) is 15.3. The topological polar surface area (TPSA) is 55.1 Å². The summed E-state index contributed by atoms with van der Waals surface area (Å²) in [4.78, 5) is 13.9. The fraction of sp³-hybridized carbons (Fsp3) is 0.529. The van der Waals surface area contributed by atoms with Gasteiger partial charge in [-0.05, 0) is 29.7 Å². The lowest BCUT2D eigenvalue weighted by molar-refractivity contribution is -0.124. The molecule has 1 fully saturated rings. The summed E-state index contributed by atoms with van der Waals surface area (Å²) in [6.07, 6.45) is 2.83. The van der Waals surface area contributed by atoms with Gasteiger partial charge >= 0.3 is 0 Å². The molecule has 1 unspecified atom stereocenters. The zero-order valence-electron chi connectivity index (χ0n) is 13.3. The van der Waals surface area contributed by atoms with Crippen LogP contribution >= 0.6 is 11.3 Å².